The zero-order valence-electron chi connectivity index (χ0n) is 19.9. The number of rotatable bonds is 4. The first-order valence-electron chi connectivity index (χ1n) is 12.0. The van der Waals surface area contributed by atoms with Gasteiger partial charge in [-0.15, -0.1) is 11.3 Å². The molecule has 1 aromatic carbocycles. The number of nitriles is 1. The third-order valence-corrected chi connectivity index (χ3v) is 9.28. The van der Waals surface area contributed by atoms with E-state index in [0.29, 0.717) is 16.5 Å². The molecule has 1 aliphatic heterocycles. The van der Waals surface area contributed by atoms with Crippen LogP contribution in [0.1, 0.15) is 68.9 Å². The summed E-state index contributed by atoms with van der Waals surface area (Å²) in [6.07, 6.45) is 3.05. The van der Waals surface area contributed by atoms with Crippen molar-refractivity contribution in [3.8, 4) is 17.2 Å². The number of fused-ring (bicyclic) bond motifs is 5. The Hall–Kier alpha value is -2.71. The van der Waals surface area contributed by atoms with Gasteiger partial charge in [0.1, 0.15) is 11.1 Å². The number of thiophene rings is 1. The molecular formula is C28H30N2O2S. The van der Waals surface area contributed by atoms with Gasteiger partial charge in [-0.1, -0.05) is 49.3 Å². The zero-order valence-corrected chi connectivity index (χ0v) is 20.8. The Morgan fingerprint density at radius 3 is 2.18 bits per heavy atom. The average molecular weight is 459 g/mol. The Labute approximate surface area is 199 Å². The molecule has 33 heavy (non-hydrogen) atoms. The van der Waals surface area contributed by atoms with E-state index in [2.05, 4.69) is 58.0 Å². The molecule has 1 saturated heterocycles. The molecule has 2 aromatic rings. The van der Waals surface area contributed by atoms with Crippen molar-refractivity contribution in [1.29, 1.82) is 5.26 Å². The van der Waals surface area contributed by atoms with Gasteiger partial charge < -0.3 is 0 Å². The van der Waals surface area contributed by atoms with E-state index in [9.17, 15) is 14.9 Å². The number of carbonyl (C=O) groups excluding carboxylic acids is 2. The maximum Gasteiger partial charge on any atom is 0.239 e. The van der Waals surface area contributed by atoms with E-state index >= 15 is 0 Å². The summed E-state index contributed by atoms with van der Waals surface area (Å²) in [6, 6.07) is 10.7. The lowest BCUT2D eigenvalue weighted by atomic mass is 9.81. The molecule has 0 N–H and O–H groups in total. The van der Waals surface area contributed by atoms with Gasteiger partial charge in [0, 0.05) is 10.4 Å². The second-order valence-electron chi connectivity index (χ2n) is 10.1. The van der Waals surface area contributed by atoms with Crippen LogP contribution < -0.4 is 4.90 Å². The molecule has 2 bridgehead atoms. The Kier molecular flexibility index (Phi) is 5.33. The van der Waals surface area contributed by atoms with Crippen molar-refractivity contribution in [2.75, 3.05) is 4.90 Å². The van der Waals surface area contributed by atoms with Crippen molar-refractivity contribution in [3.05, 3.63) is 51.4 Å². The number of anilines is 1. The number of allylic oxidation sites excluding steroid dienone is 2. The Bertz CT molecular complexity index is 1190. The SMILES string of the molecule is CC[C@H](C)c1ccc(-c2c(C)sc(N3C(=O)[C@@H]4[C@H](C3=O)[C@H]3CC[C@H]4C3=C(C)C)c2C#N)cc1. The molecule has 5 atom stereocenters. The third-order valence-electron chi connectivity index (χ3n) is 8.19. The lowest BCUT2D eigenvalue weighted by molar-refractivity contribution is -0.122. The van der Waals surface area contributed by atoms with Crippen LogP contribution in [0, 0.1) is 41.9 Å². The number of amides is 2. The Morgan fingerprint density at radius 1 is 1.12 bits per heavy atom. The summed E-state index contributed by atoms with van der Waals surface area (Å²) >= 11 is 1.40. The molecule has 5 heteroatoms. The van der Waals surface area contributed by atoms with Crippen molar-refractivity contribution in [1.82, 2.24) is 0 Å². The fourth-order valence-corrected chi connectivity index (χ4v) is 7.68. The van der Waals surface area contributed by atoms with E-state index in [1.807, 2.05) is 6.92 Å². The third kappa shape index (κ3) is 3.07. The number of nitrogens with zero attached hydrogens (tertiary/aromatic N) is 2. The number of hydrogen-bond donors (Lipinski definition) is 0. The highest BCUT2D eigenvalue weighted by atomic mass is 32.1. The standard InChI is InChI=1S/C28H30N2O2S/c1-6-15(4)17-7-9-18(10-8-17)23-16(5)33-28(21(23)13-29)30-26(31)24-19-11-12-20(22(19)14(2)3)25(24)27(30)32/h7-10,15,19-20,24-25H,6,11-12H2,1-5H3/t15-,19-,20-,24-,25+/m0/s1. The summed E-state index contributed by atoms with van der Waals surface area (Å²) in [4.78, 5) is 29.6. The van der Waals surface area contributed by atoms with Gasteiger partial charge in [-0.25, -0.2) is 4.90 Å². The maximum atomic E-state index is 13.6. The smallest absolute Gasteiger partial charge is 0.239 e. The van der Waals surface area contributed by atoms with Crippen LogP contribution in [0.15, 0.2) is 35.4 Å². The van der Waals surface area contributed by atoms with E-state index < -0.39 is 0 Å². The van der Waals surface area contributed by atoms with E-state index in [1.54, 1.807) is 0 Å². The number of benzene rings is 1. The molecule has 0 unspecified atom stereocenters. The van der Waals surface area contributed by atoms with Crippen LogP contribution in [0.2, 0.25) is 0 Å². The lowest BCUT2D eigenvalue weighted by Gasteiger charge is -2.18. The summed E-state index contributed by atoms with van der Waals surface area (Å²) in [7, 11) is 0. The quantitative estimate of drug-likeness (QED) is 0.383. The fourth-order valence-electron chi connectivity index (χ4n) is 6.54. The molecule has 3 aliphatic rings. The van der Waals surface area contributed by atoms with Crippen molar-refractivity contribution in [2.24, 2.45) is 23.7 Å². The van der Waals surface area contributed by atoms with Gasteiger partial charge in [0.05, 0.1) is 17.4 Å². The fraction of sp³-hybridized carbons (Fsp3) is 0.464. The number of aryl methyl sites for hydroxylation is 1. The van der Waals surface area contributed by atoms with Crippen molar-refractivity contribution in [3.63, 3.8) is 0 Å². The summed E-state index contributed by atoms with van der Waals surface area (Å²) in [5, 5.41) is 10.6. The van der Waals surface area contributed by atoms with Gasteiger partial charge in [0.25, 0.3) is 0 Å². The second-order valence-corrected chi connectivity index (χ2v) is 11.3. The largest absolute Gasteiger partial charge is 0.274 e. The van der Waals surface area contributed by atoms with E-state index in [0.717, 1.165) is 35.3 Å². The minimum atomic E-state index is -0.256. The van der Waals surface area contributed by atoms with Crippen LogP contribution >= 0.6 is 11.3 Å². The molecule has 2 amide bonds. The molecule has 170 valence electrons. The molecule has 2 saturated carbocycles. The van der Waals surface area contributed by atoms with E-state index in [1.165, 1.54) is 32.9 Å². The summed E-state index contributed by atoms with van der Waals surface area (Å²) in [6.45, 7) is 10.6. The van der Waals surface area contributed by atoms with Crippen molar-refractivity contribution < 1.29 is 9.59 Å². The highest BCUT2D eigenvalue weighted by Gasteiger charge is 2.64. The molecule has 2 heterocycles. The Balaban J connectivity index is 1.55. The number of imide groups is 1. The number of hydrogen-bond acceptors (Lipinski definition) is 4. The van der Waals surface area contributed by atoms with Crippen LogP contribution in [0.5, 0.6) is 0 Å². The molecule has 0 spiro atoms. The average Bonchev–Trinajstić information content (AvgIpc) is 3.52. The first kappa shape index (κ1) is 22.1. The monoisotopic (exact) mass is 458 g/mol. The lowest BCUT2D eigenvalue weighted by Crippen LogP contribution is -2.33. The molecule has 3 fully saturated rings. The van der Waals surface area contributed by atoms with Crippen LogP contribution in [0.4, 0.5) is 5.00 Å². The minimum absolute atomic E-state index is 0.104. The zero-order chi connectivity index (χ0) is 23.6. The molecule has 4 nitrogen and oxygen atoms in total. The summed E-state index contributed by atoms with van der Waals surface area (Å²) in [5.41, 5.74) is 6.14. The summed E-state index contributed by atoms with van der Waals surface area (Å²) < 4.78 is 0. The van der Waals surface area contributed by atoms with Crippen LogP contribution in [-0.4, -0.2) is 11.8 Å². The van der Waals surface area contributed by atoms with Gasteiger partial charge >= 0.3 is 0 Å². The second kappa shape index (κ2) is 7.95. The molecule has 0 radical (unpaired) electrons. The van der Waals surface area contributed by atoms with Gasteiger partial charge in [0.2, 0.25) is 11.8 Å². The van der Waals surface area contributed by atoms with Crippen LogP contribution in [0.3, 0.4) is 0 Å². The van der Waals surface area contributed by atoms with Crippen molar-refractivity contribution in [2.45, 2.75) is 59.8 Å². The molecule has 2 aliphatic carbocycles. The molecule has 1 aromatic heterocycles. The Morgan fingerprint density at radius 2 is 1.70 bits per heavy atom. The van der Waals surface area contributed by atoms with Gasteiger partial charge in [-0.2, -0.15) is 5.26 Å². The first-order valence-corrected chi connectivity index (χ1v) is 12.8. The van der Waals surface area contributed by atoms with Crippen molar-refractivity contribution >= 4 is 28.2 Å². The minimum Gasteiger partial charge on any atom is -0.274 e. The predicted molar refractivity (Wildman–Crippen MR) is 132 cm³/mol. The van der Waals surface area contributed by atoms with Gasteiger partial charge in [0.15, 0.2) is 0 Å². The van der Waals surface area contributed by atoms with E-state index in [4.69, 9.17) is 0 Å². The predicted octanol–water partition coefficient (Wildman–Crippen LogP) is 6.59. The molecular weight excluding hydrogens is 428 g/mol. The molecule has 5 rings (SSSR count). The highest BCUT2D eigenvalue weighted by molar-refractivity contribution is 7.17. The van der Waals surface area contributed by atoms with Gasteiger partial charge in [-0.05, 0) is 68.9 Å². The van der Waals surface area contributed by atoms with Gasteiger partial charge in [-0.3, -0.25) is 9.59 Å². The van der Waals surface area contributed by atoms with Crippen LogP contribution in [0.25, 0.3) is 11.1 Å². The van der Waals surface area contributed by atoms with E-state index in [-0.39, 0.29) is 35.5 Å². The number of carbonyl (C=O) groups is 2. The summed E-state index contributed by atoms with van der Waals surface area (Å²) in [5.74, 6) is 0.131. The first-order chi connectivity index (χ1) is 15.8. The normalized spacial score (nSPS) is 26.7. The maximum absolute atomic E-state index is 13.6. The van der Waals surface area contributed by atoms with Crippen LogP contribution in [-0.2, 0) is 9.59 Å². The topological polar surface area (TPSA) is 61.2 Å². The highest BCUT2D eigenvalue weighted by Crippen LogP contribution is 2.61.